The molecule has 7 nitrogen and oxygen atoms in total. The molecule has 174 valence electrons. The lowest BCUT2D eigenvalue weighted by Gasteiger charge is -2.28. The quantitative estimate of drug-likeness (QED) is 0.371. The minimum Gasteiger partial charge on any atom is -0.373 e. The van der Waals surface area contributed by atoms with Crippen LogP contribution in [0.5, 0.6) is 0 Å². The molecule has 0 bridgehead atoms. The summed E-state index contributed by atoms with van der Waals surface area (Å²) in [4.78, 5) is 17.6. The molecular weight excluding hydrogens is 455 g/mol. The fourth-order valence-corrected chi connectivity index (χ4v) is 4.50. The van der Waals surface area contributed by atoms with E-state index in [1.807, 2.05) is 10.9 Å². The molecule has 0 amide bonds. The maximum Gasteiger partial charge on any atom is 0.182 e. The lowest BCUT2D eigenvalue weighted by Crippen LogP contribution is -2.20. The Morgan fingerprint density at radius 1 is 1.12 bits per heavy atom. The van der Waals surface area contributed by atoms with E-state index in [-0.39, 0.29) is 39.5 Å². The van der Waals surface area contributed by atoms with Gasteiger partial charge in [-0.25, -0.2) is 24.3 Å². The van der Waals surface area contributed by atoms with Crippen LogP contribution in [0.25, 0.3) is 22.4 Å². The van der Waals surface area contributed by atoms with Crippen molar-refractivity contribution in [1.29, 1.82) is 0 Å². The number of aryl methyl sites for hydroxylation is 2. The fourth-order valence-electron chi connectivity index (χ4n) is 4.34. The van der Waals surface area contributed by atoms with Gasteiger partial charge in [-0.15, -0.1) is 0 Å². The van der Waals surface area contributed by atoms with E-state index in [1.165, 1.54) is 12.1 Å². The van der Waals surface area contributed by atoms with Crippen LogP contribution >= 0.6 is 11.6 Å². The number of hydrogen-bond acceptors (Lipinski definition) is 6. The molecule has 1 aliphatic heterocycles. The Morgan fingerprint density at radius 2 is 1.97 bits per heavy atom. The highest BCUT2D eigenvalue weighted by Crippen LogP contribution is 2.40. The molecule has 0 radical (unpaired) electrons. The first kappa shape index (κ1) is 15.8. The van der Waals surface area contributed by atoms with Gasteiger partial charge in [-0.2, -0.15) is 5.10 Å². The van der Waals surface area contributed by atoms with Gasteiger partial charge in [0.25, 0.3) is 0 Å². The van der Waals surface area contributed by atoms with Crippen molar-refractivity contribution in [1.82, 2.24) is 29.7 Å². The van der Waals surface area contributed by atoms with E-state index in [4.69, 9.17) is 24.6 Å². The maximum absolute atomic E-state index is 15.2. The third-order valence-electron chi connectivity index (χ3n) is 6.30. The highest BCUT2D eigenvalue weighted by Gasteiger charge is 2.31. The molecule has 2 fully saturated rings. The Bertz CT molecular complexity index is 1610. The zero-order chi connectivity index (χ0) is 28.4. The van der Waals surface area contributed by atoms with Crippen molar-refractivity contribution >= 4 is 22.8 Å². The van der Waals surface area contributed by atoms with Crippen LogP contribution in [0.1, 0.15) is 74.7 Å². The molecule has 3 aromatic heterocycles. The normalized spacial score (nSPS) is 24.1. The SMILES string of the molecule is [2H]C([2H])([2H])c1nc2nc(C3CCOC(c4cnn(C5CC5)c4)C3)nc(-c3ccc(Cl)cc3F)c2nc1C([2H])([2H])[2H]. The van der Waals surface area contributed by atoms with Crippen molar-refractivity contribution in [3.05, 3.63) is 64.2 Å². The number of halogens is 2. The molecule has 2 atom stereocenters. The van der Waals surface area contributed by atoms with Gasteiger partial charge in [0.2, 0.25) is 0 Å². The number of ether oxygens (including phenoxy) is 1. The lowest BCUT2D eigenvalue weighted by molar-refractivity contribution is 0.00396. The van der Waals surface area contributed by atoms with E-state index in [1.54, 1.807) is 6.20 Å². The molecule has 9 heteroatoms. The van der Waals surface area contributed by atoms with E-state index in [9.17, 15) is 0 Å². The fraction of sp³-hybridized carbons (Fsp3) is 0.400. The van der Waals surface area contributed by atoms with E-state index >= 15 is 4.39 Å². The van der Waals surface area contributed by atoms with E-state index in [0.717, 1.165) is 24.5 Å². The summed E-state index contributed by atoms with van der Waals surface area (Å²) < 4.78 is 70.5. The molecule has 0 N–H and O–H groups in total. The van der Waals surface area contributed by atoms with E-state index < -0.39 is 30.9 Å². The second-order valence-electron chi connectivity index (χ2n) is 8.71. The van der Waals surface area contributed by atoms with Crippen molar-refractivity contribution in [2.45, 2.75) is 57.5 Å². The van der Waals surface area contributed by atoms with Crippen LogP contribution in [-0.2, 0) is 4.74 Å². The molecule has 4 heterocycles. The summed E-state index contributed by atoms with van der Waals surface area (Å²) in [7, 11) is 0. The zero-order valence-electron chi connectivity index (χ0n) is 24.0. The molecule has 1 saturated carbocycles. The van der Waals surface area contributed by atoms with Crippen LogP contribution in [0, 0.1) is 19.5 Å². The summed E-state index contributed by atoms with van der Waals surface area (Å²) in [5, 5.41) is 4.62. The second kappa shape index (κ2) is 8.36. The van der Waals surface area contributed by atoms with Crippen molar-refractivity contribution in [2.24, 2.45) is 0 Å². The van der Waals surface area contributed by atoms with E-state index in [2.05, 4.69) is 25.0 Å². The average Bonchev–Trinajstić information content (AvgIpc) is 3.62. The summed E-state index contributed by atoms with van der Waals surface area (Å²) in [5.41, 5.74) is -0.659. The predicted octanol–water partition coefficient (Wildman–Crippen LogP) is 5.66. The van der Waals surface area contributed by atoms with E-state index in [0.29, 0.717) is 31.3 Å². The van der Waals surface area contributed by atoms with Crippen LogP contribution in [0.3, 0.4) is 0 Å². The van der Waals surface area contributed by atoms with Gasteiger partial charge in [0.15, 0.2) is 5.65 Å². The van der Waals surface area contributed by atoms with Crippen molar-refractivity contribution in [2.75, 3.05) is 6.61 Å². The highest BCUT2D eigenvalue weighted by molar-refractivity contribution is 6.30. The Balaban J connectivity index is 1.49. The molecule has 2 aliphatic rings. The summed E-state index contributed by atoms with van der Waals surface area (Å²) in [5.74, 6) is -0.623. The van der Waals surface area contributed by atoms with Crippen molar-refractivity contribution in [3.63, 3.8) is 0 Å². The van der Waals surface area contributed by atoms with Crippen LogP contribution in [0.15, 0.2) is 30.6 Å². The number of fused-ring (bicyclic) bond motifs is 1. The van der Waals surface area contributed by atoms with Gasteiger partial charge < -0.3 is 4.74 Å². The average molecular weight is 485 g/mol. The Kier molecular flexibility index (Phi) is 3.89. The number of nitrogens with zero attached hydrogens (tertiary/aromatic N) is 6. The number of benzene rings is 1. The molecule has 1 aromatic carbocycles. The van der Waals surface area contributed by atoms with Crippen molar-refractivity contribution in [3.8, 4) is 11.3 Å². The third kappa shape index (κ3) is 3.95. The Hall–Kier alpha value is -2.97. The standard InChI is InChI=1S/C25H24ClFN6O/c1-13-14(2)30-25-23(29-13)22(19-6-3-17(26)10-20(19)27)31-24(32-25)15-7-8-34-21(9-15)16-11-28-33(12-16)18-4-5-18/h3,6,10-12,15,18,21H,4-5,7-9H2,1-2H3/i1D3,2D3. The first-order valence-electron chi connectivity index (χ1n) is 14.1. The second-order valence-corrected chi connectivity index (χ2v) is 9.15. The highest BCUT2D eigenvalue weighted by atomic mass is 35.5. The minimum absolute atomic E-state index is 0.00820. The Labute approximate surface area is 209 Å². The number of aromatic nitrogens is 6. The topological polar surface area (TPSA) is 78.6 Å². The van der Waals surface area contributed by atoms with Crippen LogP contribution in [0.2, 0.25) is 5.02 Å². The predicted molar refractivity (Wildman–Crippen MR) is 126 cm³/mol. The lowest BCUT2D eigenvalue weighted by atomic mass is 9.92. The molecule has 0 spiro atoms. The monoisotopic (exact) mass is 484 g/mol. The first-order chi connectivity index (χ1) is 18.9. The number of hydrogen-bond donors (Lipinski definition) is 0. The van der Waals surface area contributed by atoms with Gasteiger partial charge in [0.05, 0.1) is 29.7 Å². The minimum atomic E-state index is -2.89. The van der Waals surface area contributed by atoms with Gasteiger partial charge in [-0.05, 0) is 57.6 Å². The summed E-state index contributed by atoms with van der Waals surface area (Å²) in [6.45, 7) is -5.34. The maximum atomic E-state index is 15.2. The molecule has 2 unspecified atom stereocenters. The molecule has 1 saturated heterocycles. The Morgan fingerprint density at radius 3 is 2.76 bits per heavy atom. The smallest absolute Gasteiger partial charge is 0.182 e. The zero-order valence-corrected chi connectivity index (χ0v) is 18.8. The number of rotatable bonds is 4. The van der Waals surface area contributed by atoms with Gasteiger partial charge in [-0.1, -0.05) is 11.6 Å². The first-order valence-corrected chi connectivity index (χ1v) is 11.5. The van der Waals surface area contributed by atoms with Gasteiger partial charge in [0, 0.05) is 43.1 Å². The van der Waals surface area contributed by atoms with Crippen LogP contribution in [-0.4, -0.2) is 36.3 Å². The van der Waals surface area contributed by atoms with Gasteiger partial charge >= 0.3 is 0 Å². The van der Waals surface area contributed by atoms with Crippen molar-refractivity contribution < 1.29 is 17.4 Å². The van der Waals surface area contributed by atoms with Crippen LogP contribution < -0.4 is 0 Å². The molecule has 34 heavy (non-hydrogen) atoms. The van der Waals surface area contributed by atoms with Gasteiger partial charge in [0.1, 0.15) is 22.9 Å². The van der Waals surface area contributed by atoms with Crippen LogP contribution in [0.4, 0.5) is 4.39 Å². The largest absolute Gasteiger partial charge is 0.373 e. The summed E-state index contributed by atoms with van der Waals surface area (Å²) in [6, 6.07) is 4.43. The van der Waals surface area contributed by atoms with Gasteiger partial charge in [-0.3, -0.25) is 4.68 Å². The molecular formula is C25H24ClFN6O. The summed E-state index contributed by atoms with van der Waals surface area (Å²) in [6.07, 6.45) is 6.81. The third-order valence-corrected chi connectivity index (χ3v) is 6.53. The molecule has 1 aliphatic carbocycles. The molecule has 4 aromatic rings. The molecule has 6 rings (SSSR count). The summed E-state index contributed by atoms with van der Waals surface area (Å²) >= 11 is 5.97.